The van der Waals surface area contributed by atoms with Crippen molar-refractivity contribution in [2.24, 2.45) is 5.92 Å². The van der Waals surface area contributed by atoms with Gasteiger partial charge in [-0.3, -0.25) is 0 Å². The van der Waals surface area contributed by atoms with E-state index in [0.717, 1.165) is 12.8 Å². The highest BCUT2D eigenvalue weighted by Gasteiger charge is 2.33. The maximum atomic E-state index is 11.2. The molecule has 0 aromatic rings. The lowest BCUT2D eigenvalue weighted by molar-refractivity contribution is 0.548. The Bertz CT molecular complexity index is 302. The number of hydrogen-bond donors (Lipinski definition) is 2. The molecule has 0 bridgehead atoms. The largest absolute Gasteiger partial charge is 0.278 e. The summed E-state index contributed by atoms with van der Waals surface area (Å²) in [5, 5.41) is 8.66. The SMILES string of the molecule is CCNS(=O)(=O)NC(C#N)C1CC1. The minimum Gasteiger partial charge on any atom is -0.203 e. The molecule has 5 nitrogen and oxygen atoms in total. The van der Waals surface area contributed by atoms with Gasteiger partial charge in [-0.2, -0.15) is 18.4 Å². The molecule has 6 heteroatoms. The van der Waals surface area contributed by atoms with Crippen molar-refractivity contribution in [2.45, 2.75) is 25.8 Å². The van der Waals surface area contributed by atoms with Crippen molar-refractivity contribution in [1.82, 2.24) is 9.44 Å². The van der Waals surface area contributed by atoms with Crippen molar-refractivity contribution < 1.29 is 8.42 Å². The highest BCUT2D eigenvalue weighted by molar-refractivity contribution is 7.87. The Morgan fingerprint density at radius 2 is 2.23 bits per heavy atom. The zero-order chi connectivity index (χ0) is 9.90. The molecule has 0 amide bonds. The molecule has 1 saturated carbocycles. The Balaban J connectivity index is 2.50. The summed E-state index contributed by atoms with van der Waals surface area (Å²) in [6.07, 6.45) is 1.87. The Kier molecular flexibility index (Phi) is 3.25. The molecule has 74 valence electrons. The predicted octanol–water partition coefficient (Wildman–Crippen LogP) is -0.268. The van der Waals surface area contributed by atoms with Gasteiger partial charge in [-0.15, -0.1) is 0 Å². The second-order valence-electron chi connectivity index (χ2n) is 3.06. The first kappa shape index (κ1) is 10.4. The van der Waals surface area contributed by atoms with Crippen LogP contribution in [0.15, 0.2) is 0 Å². The number of nitrogens with zero attached hydrogens (tertiary/aromatic N) is 1. The van der Waals surface area contributed by atoms with Crippen LogP contribution in [-0.4, -0.2) is 21.0 Å². The predicted molar refractivity (Wildman–Crippen MR) is 47.9 cm³/mol. The molecule has 1 fully saturated rings. The summed E-state index contributed by atoms with van der Waals surface area (Å²) in [6.45, 7) is 2.02. The Morgan fingerprint density at radius 1 is 1.62 bits per heavy atom. The topological polar surface area (TPSA) is 82.0 Å². The first-order chi connectivity index (χ1) is 6.09. The highest BCUT2D eigenvalue weighted by Crippen LogP contribution is 2.32. The minimum atomic E-state index is -3.47. The van der Waals surface area contributed by atoms with Gasteiger partial charge in [-0.05, 0) is 18.8 Å². The zero-order valence-electron chi connectivity index (χ0n) is 7.45. The van der Waals surface area contributed by atoms with Gasteiger partial charge in [0.15, 0.2) is 0 Å². The van der Waals surface area contributed by atoms with Gasteiger partial charge in [0, 0.05) is 6.54 Å². The monoisotopic (exact) mass is 203 g/mol. The second kappa shape index (κ2) is 4.05. The Hall–Kier alpha value is -0.640. The fourth-order valence-electron chi connectivity index (χ4n) is 1.06. The molecule has 0 radical (unpaired) electrons. The van der Waals surface area contributed by atoms with Crippen molar-refractivity contribution in [3.63, 3.8) is 0 Å². The van der Waals surface area contributed by atoms with Crippen LogP contribution in [0.25, 0.3) is 0 Å². The van der Waals surface area contributed by atoms with E-state index >= 15 is 0 Å². The average molecular weight is 203 g/mol. The van der Waals surface area contributed by atoms with Crippen LogP contribution in [-0.2, 0) is 10.2 Å². The van der Waals surface area contributed by atoms with Crippen molar-refractivity contribution in [2.75, 3.05) is 6.54 Å². The van der Waals surface area contributed by atoms with E-state index in [1.165, 1.54) is 0 Å². The summed E-state index contributed by atoms with van der Waals surface area (Å²) in [7, 11) is -3.47. The van der Waals surface area contributed by atoms with Crippen LogP contribution in [0.4, 0.5) is 0 Å². The van der Waals surface area contributed by atoms with Gasteiger partial charge in [0.25, 0.3) is 10.2 Å². The summed E-state index contributed by atoms with van der Waals surface area (Å²) in [4.78, 5) is 0. The molecule has 1 unspecified atom stereocenters. The summed E-state index contributed by atoms with van der Waals surface area (Å²) in [5.74, 6) is 0.207. The second-order valence-corrected chi connectivity index (χ2v) is 4.59. The first-order valence-electron chi connectivity index (χ1n) is 4.25. The summed E-state index contributed by atoms with van der Waals surface area (Å²) in [5.41, 5.74) is 0. The molecular formula is C7H13N3O2S. The molecule has 0 saturated heterocycles. The van der Waals surface area contributed by atoms with Crippen LogP contribution in [0.5, 0.6) is 0 Å². The highest BCUT2D eigenvalue weighted by atomic mass is 32.2. The van der Waals surface area contributed by atoms with Gasteiger partial charge in [0.2, 0.25) is 0 Å². The first-order valence-corrected chi connectivity index (χ1v) is 5.74. The average Bonchev–Trinajstić information content (AvgIpc) is 2.82. The van der Waals surface area contributed by atoms with E-state index in [4.69, 9.17) is 5.26 Å². The molecule has 1 rings (SSSR count). The Morgan fingerprint density at radius 3 is 2.62 bits per heavy atom. The normalized spacial score (nSPS) is 19.4. The molecule has 1 atom stereocenters. The molecule has 0 spiro atoms. The Labute approximate surface area is 78.3 Å². The van der Waals surface area contributed by atoms with Crippen LogP contribution in [0.1, 0.15) is 19.8 Å². The third kappa shape index (κ3) is 3.30. The van der Waals surface area contributed by atoms with E-state index in [0.29, 0.717) is 6.54 Å². The van der Waals surface area contributed by atoms with E-state index in [1.54, 1.807) is 6.92 Å². The quantitative estimate of drug-likeness (QED) is 0.645. The third-order valence-electron chi connectivity index (χ3n) is 1.85. The van der Waals surface area contributed by atoms with Gasteiger partial charge in [0.05, 0.1) is 6.07 Å². The lowest BCUT2D eigenvalue weighted by Gasteiger charge is -2.10. The summed E-state index contributed by atoms with van der Waals surface area (Å²) in [6, 6.07) is 1.38. The maximum Gasteiger partial charge on any atom is 0.278 e. The fourth-order valence-corrected chi connectivity index (χ4v) is 2.10. The van der Waals surface area contributed by atoms with Gasteiger partial charge in [0.1, 0.15) is 6.04 Å². The van der Waals surface area contributed by atoms with Crippen LogP contribution in [0.2, 0.25) is 0 Å². The van der Waals surface area contributed by atoms with E-state index in [2.05, 4.69) is 9.44 Å². The van der Waals surface area contributed by atoms with Gasteiger partial charge < -0.3 is 0 Å². The van der Waals surface area contributed by atoms with Crippen LogP contribution in [0.3, 0.4) is 0 Å². The third-order valence-corrected chi connectivity index (χ3v) is 3.08. The molecule has 0 aromatic heterocycles. The van der Waals surface area contributed by atoms with Crippen LogP contribution < -0.4 is 9.44 Å². The molecule has 1 aliphatic carbocycles. The fraction of sp³-hybridized carbons (Fsp3) is 0.857. The molecule has 0 aliphatic heterocycles. The van der Waals surface area contributed by atoms with Gasteiger partial charge in [-0.25, -0.2) is 4.72 Å². The number of nitriles is 1. The molecule has 0 heterocycles. The molecule has 13 heavy (non-hydrogen) atoms. The van der Waals surface area contributed by atoms with Crippen molar-refractivity contribution >= 4 is 10.2 Å². The summed E-state index contributed by atoms with van der Waals surface area (Å²) >= 11 is 0. The van der Waals surface area contributed by atoms with E-state index in [9.17, 15) is 8.42 Å². The summed E-state index contributed by atoms with van der Waals surface area (Å²) < 4.78 is 26.9. The molecule has 2 N–H and O–H groups in total. The maximum absolute atomic E-state index is 11.2. The van der Waals surface area contributed by atoms with Crippen molar-refractivity contribution in [3.05, 3.63) is 0 Å². The van der Waals surface area contributed by atoms with E-state index < -0.39 is 16.3 Å². The van der Waals surface area contributed by atoms with Crippen LogP contribution >= 0.6 is 0 Å². The minimum absolute atomic E-state index is 0.207. The van der Waals surface area contributed by atoms with Gasteiger partial charge >= 0.3 is 0 Å². The number of rotatable bonds is 5. The molecule has 1 aliphatic rings. The number of nitrogens with one attached hydrogen (secondary N) is 2. The standard InChI is InChI=1S/C7H13N3O2S/c1-2-9-13(11,12)10-7(5-8)6-3-4-6/h6-7,9-10H,2-4H2,1H3. The van der Waals surface area contributed by atoms with Crippen molar-refractivity contribution in [3.8, 4) is 6.07 Å². The van der Waals surface area contributed by atoms with Crippen LogP contribution in [0, 0.1) is 17.2 Å². The molecular weight excluding hydrogens is 190 g/mol. The van der Waals surface area contributed by atoms with Gasteiger partial charge in [-0.1, -0.05) is 6.92 Å². The van der Waals surface area contributed by atoms with E-state index in [-0.39, 0.29) is 5.92 Å². The van der Waals surface area contributed by atoms with E-state index in [1.807, 2.05) is 6.07 Å². The number of hydrogen-bond acceptors (Lipinski definition) is 3. The lowest BCUT2D eigenvalue weighted by Crippen LogP contribution is -2.42. The van der Waals surface area contributed by atoms with Crippen molar-refractivity contribution in [1.29, 1.82) is 5.26 Å². The molecule has 0 aromatic carbocycles. The smallest absolute Gasteiger partial charge is 0.203 e. The lowest BCUT2D eigenvalue weighted by atomic mass is 10.2. The zero-order valence-corrected chi connectivity index (χ0v) is 8.26.